The molecule has 0 heterocycles. The molecule has 0 aliphatic rings. The van der Waals surface area contributed by atoms with Crippen LogP contribution in [0, 0.1) is 5.92 Å². The predicted molar refractivity (Wildman–Crippen MR) is 116 cm³/mol. The number of carbonyl (C=O) groups is 4. The molecule has 0 fully saturated rings. The standard InChI is InChI=1S/C17H33N7O5S/c1-9(2)6-11(22-13(25)7-18)14(26)24-12(8-30)15(27)23-10(16(28)29)4-3-5-21-17(19)20/h9-12,30H,3-8,18H2,1-2H3,(H,22,25)(H,23,27)(H,24,26)(H,28,29)(H4,19,20,21). The number of hydrogen-bond acceptors (Lipinski definition) is 7. The molecule has 0 aliphatic carbocycles. The molecule has 0 aromatic rings. The molecule has 0 radical (unpaired) electrons. The van der Waals surface area contributed by atoms with Crippen LogP contribution in [0.5, 0.6) is 0 Å². The highest BCUT2D eigenvalue weighted by Gasteiger charge is 2.29. The van der Waals surface area contributed by atoms with Gasteiger partial charge in [0.25, 0.3) is 0 Å². The molecule has 0 aromatic carbocycles. The maximum Gasteiger partial charge on any atom is 0.326 e. The van der Waals surface area contributed by atoms with E-state index in [0.29, 0.717) is 12.8 Å². The summed E-state index contributed by atoms with van der Waals surface area (Å²) in [5.41, 5.74) is 15.7. The van der Waals surface area contributed by atoms with E-state index in [-0.39, 0.29) is 37.1 Å². The molecule has 0 bridgehead atoms. The Morgan fingerprint density at radius 3 is 2.03 bits per heavy atom. The van der Waals surface area contributed by atoms with Crippen molar-refractivity contribution in [2.45, 2.75) is 51.2 Å². The normalized spacial score (nSPS) is 13.6. The van der Waals surface area contributed by atoms with Crippen molar-refractivity contribution in [3.63, 3.8) is 0 Å². The first-order valence-electron chi connectivity index (χ1n) is 9.51. The van der Waals surface area contributed by atoms with Crippen molar-refractivity contribution in [1.29, 1.82) is 0 Å². The van der Waals surface area contributed by atoms with Gasteiger partial charge in [-0.05, 0) is 25.2 Å². The van der Waals surface area contributed by atoms with E-state index in [1.807, 2.05) is 13.8 Å². The number of carbonyl (C=O) groups excluding carboxylic acids is 3. The molecule has 0 spiro atoms. The number of carboxylic acids is 1. The van der Waals surface area contributed by atoms with Crippen LogP contribution >= 0.6 is 12.6 Å². The minimum atomic E-state index is -1.23. The van der Waals surface area contributed by atoms with E-state index >= 15 is 0 Å². The molecule has 0 rings (SSSR count). The zero-order valence-corrected chi connectivity index (χ0v) is 18.2. The van der Waals surface area contributed by atoms with Crippen LogP contribution in [0.3, 0.4) is 0 Å². The van der Waals surface area contributed by atoms with Crippen LogP contribution in [-0.4, -0.2) is 71.7 Å². The number of rotatable bonds is 14. The Morgan fingerprint density at radius 1 is 1.00 bits per heavy atom. The van der Waals surface area contributed by atoms with Gasteiger partial charge in [-0.25, -0.2) is 4.79 Å². The largest absolute Gasteiger partial charge is 0.480 e. The quantitative estimate of drug-likeness (QED) is 0.0615. The van der Waals surface area contributed by atoms with Crippen molar-refractivity contribution in [1.82, 2.24) is 16.0 Å². The van der Waals surface area contributed by atoms with Crippen molar-refractivity contribution >= 4 is 42.3 Å². The molecule has 172 valence electrons. The topological polar surface area (TPSA) is 215 Å². The summed E-state index contributed by atoms with van der Waals surface area (Å²) in [5.74, 6) is -3.12. The van der Waals surface area contributed by atoms with Gasteiger partial charge in [0.1, 0.15) is 18.1 Å². The number of amides is 3. The Bertz CT molecular complexity index is 626. The number of aliphatic imine (C=N–C) groups is 1. The highest BCUT2D eigenvalue weighted by molar-refractivity contribution is 7.80. The van der Waals surface area contributed by atoms with Gasteiger partial charge < -0.3 is 38.3 Å². The lowest BCUT2D eigenvalue weighted by molar-refractivity contribution is -0.142. The molecule has 10 N–H and O–H groups in total. The molecule has 3 atom stereocenters. The number of hydrogen-bond donors (Lipinski definition) is 8. The molecule has 12 nitrogen and oxygen atoms in total. The fraction of sp³-hybridized carbons (Fsp3) is 0.706. The lowest BCUT2D eigenvalue weighted by Gasteiger charge is -2.24. The smallest absolute Gasteiger partial charge is 0.326 e. The lowest BCUT2D eigenvalue weighted by atomic mass is 10.0. The van der Waals surface area contributed by atoms with Gasteiger partial charge in [0.05, 0.1) is 6.54 Å². The number of aliphatic carboxylic acids is 1. The van der Waals surface area contributed by atoms with Gasteiger partial charge in [0.2, 0.25) is 17.7 Å². The number of nitrogens with one attached hydrogen (secondary N) is 3. The van der Waals surface area contributed by atoms with Crippen LogP contribution in [0.1, 0.15) is 33.1 Å². The molecule has 3 amide bonds. The van der Waals surface area contributed by atoms with E-state index in [0.717, 1.165) is 0 Å². The van der Waals surface area contributed by atoms with E-state index in [9.17, 15) is 24.3 Å². The van der Waals surface area contributed by atoms with Gasteiger partial charge in [-0.15, -0.1) is 0 Å². The first kappa shape index (κ1) is 27.5. The molecule has 0 saturated heterocycles. The average Bonchev–Trinajstić information content (AvgIpc) is 2.66. The Kier molecular flexibility index (Phi) is 13.2. The monoisotopic (exact) mass is 447 g/mol. The van der Waals surface area contributed by atoms with Crippen molar-refractivity contribution in [3.8, 4) is 0 Å². The van der Waals surface area contributed by atoms with Gasteiger partial charge in [-0.1, -0.05) is 13.8 Å². The Morgan fingerprint density at radius 2 is 1.57 bits per heavy atom. The summed E-state index contributed by atoms with van der Waals surface area (Å²) in [5, 5.41) is 16.7. The molecule has 0 aromatic heterocycles. The SMILES string of the molecule is CC(C)CC(NC(=O)CN)C(=O)NC(CS)C(=O)NC(CCCN=C(N)N)C(=O)O. The van der Waals surface area contributed by atoms with Crippen LogP contribution in [0.15, 0.2) is 4.99 Å². The van der Waals surface area contributed by atoms with E-state index in [2.05, 4.69) is 33.6 Å². The molecule has 3 unspecified atom stereocenters. The van der Waals surface area contributed by atoms with Crippen molar-refractivity contribution < 1.29 is 24.3 Å². The molecule has 0 aliphatic heterocycles. The van der Waals surface area contributed by atoms with Gasteiger partial charge in [0, 0.05) is 12.3 Å². The van der Waals surface area contributed by atoms with Gasteiger partial charge in [0.15, 0.2) is 5.96 Å². The fourth-order valence-electron chi connectivity index (χ4n) is 2.46. The first-order valence-corrected chi connectivity index (χ1v) is 10.1. The van der Waals surface area contributed by atoms with Gasteiger partial charge >= 0.3 is 5.97 Å². The second kappa shape index (κ2) is 14.4. The third-order valence-electron chi connectivity index (χ3n) is 3.92. The molecule has 30 heavy (non-hydrogen) atoms. The molecule has 13 heteroatoms. The number of nitrogens with zero attached hydrogens (tertiary/aromatic N) is 1. The van der Waals surface area contributed by atoms with E-state index in [1.165, 1.54) is 0 Å². The average molecular weight is 448 g/mol. The summed E-state index contributed by atoms with van der Waals surface area (Å²) in [6, 6.07) is -3.16. The minimum Gasteiger partial charge on any atom is -0.480 e. The van der Waals surface area contributed by atoms with Gasteiger partial charge in [-0.2, -0.15) is 12.6 Å². The summed E-state index contributed by atoms with van der Waals surface area (Å²) < 4.78 is 0. The summed E-state index contributed by atoms with van der Waals surface area (Å²) in [6.45, 7) is 3.68. The van der Waals surface area contributed by atoms with E-state index in [4.69, 9.17) is 17.2 Å². The fourth-order valence-corrected chi connectivity index (χ4v) is 2.71. The summed E-state index contributed by atoms with van der Waals surface area (Å²) >= 11 is 4.06. The maximum absolute atomic E-state index is 12.6. The summed E-state index contributed by atoms with van der Waals surface area (Å²) in [7, 11) is 0. The molecule has 0 saturated carbocycles. The Hall–Kier alpha value is -2.54. The predicted octanol–water partition coefficient (Wildman–Crippen LogP) is -2.49. The van der Waals surface area contributed by atoms with Crippen LogP contribution in [0.2, 0.25) is 0 Å². The van der Waals surface area contributed by atoms with E-state index in [1.54, 1.807) is 0 Å². The van der Waals surface area contributed by atoms with Crippen LogP contribution in [-0.2, 0) is 19.2 Å². The zero-order chi connectivity index (χ0) is 23.3. The number of guanidine groups is 1. The summed E-state index contributed by atoms with van der Waals surface area (Å²) in [4.78, 5) is 51.8. The lowest BCUT2D eigenvalue weighted by Crippen LogP contribution is -2.57. The molecular formula is C17H33N7O5S. The maximum atomic E-state index is 12.6. The van der Waals surface area contributed by atoms with Crippen molar-refractivity contribution in [2.24, 2.45) is 28.1 Å². The van der Waals surface area contributed by atoms with Crippen LogP contribution < -0.4 is 33.2 Å². The number of nitrogens with two attached hydrogens (primary N) is 3. The minimum absolute atomic E-state index is 0.0723. The second-order valence-corrected chi connectivity index (χ2v) is 7.41. The summed E-state index contributed by atoms with van der Waals surface area (Å²) in [6.07, 6.45) is 0.753. The van der Waals surface area contributed by atoms with Crippen LogP contribution in [0.25, 0.3) is 0 Å². The Balaban J connectivity index is 5.02. The number of carboxylic acid groups (broad SMARTS) is 1. The van der Waals surface area contributed by atoms with Crippen molar-refractivity contribution in [3.05, 3.63) is 0 Å². The van der Waals surface area contributed by atoms with E-state index < -0.39 is 41.8 Å². The number of thiol groups is 1. The Labute approximate surface area is 181 Å². The highest BCUT2D eigenvalue weighted by Crippen LogP contribution is 2.06. The third-order valence-corrected chi connectivity index (χ3v) is 4.28. The first-order chi connectivity index (χ1) is 14.0. The van der Waals surface area contributed by atoms with Gasteiger partial charge in [-0.3, -0.25) is 19.4 Å². The third kappa shape index (κ3) is 11.5. The zero-order valence-electron chi connectivity index (χ0n) is 17.3. The van der Waals surface area contributed by atoms with Crippen molar-refractivity contribution in [2.75, 3.05) is 18.8 Å². The second-order valence-electron chi connectivity index (χ2n) is 7.05. The van der Waals surface area contributed by atoms with Crippen LogP contribution in [0.4, 0.5) is 0 Å². The molecular weight excluding hydrogens is 414 g/mol. The highest BCUT2D eigenvalue weighted by atomic mass is 32.1.